The first-order chi connectivity index (χ1) is 16.2. The monoisotopic (exact) mass is 488 g/mol. The minimum Gasteiger partial charge on any atom is -0.465 e. The summed E-state index contributed by atoms with van der Waals surface area (Å²) in [4.78, 5) is 24.9. The van der Waals surface area contributed by atoms with Crippen LogP contribution in [-0.2, 0) is 14.3 Å². The number of carbonyl (C=O) groups is 2. The van der Waals surface area contributed by atoms with Gasteiger partial charge in [-0.3, -0.25) is 9.59 Å². The molecule has 35 heavy (non-hydrogen) atoms. The number of ketones is 1. The molecule has 1 heterocycles. The molecule has 1 aliphatic heterocycles. The van der Waals surface area contributed by atoms with Crippen LogP contribution in [0, 0.1) is 34.5 Å². The van der Waals surface area contributed by atoms with Crippen LogP contribution in [0.1, 0.15) is 72.6 Å². The fraction of sp³-hybridized carbons (Fsp3) is 0.786. The largest absolute Gasteiger partial charge is 0.465 e. The second-order valence-electron chi connectivity index (χ2n) is 12.6. The van der Waals surface area contributed by atoms with E-state index in [9.17, 15) is 30.0 Å². The maximum Gasteiger partial charge on any atom is 0.309 e. The maximum absolute atomic E-state index is 13.1. The van der Waals surface area contributed by atoms with Crippen molar-refractivity contribution in [2.45, 2.75) is 95.5 Å². The third kappa shape index (κ3) is 2.98. The molecule has 0 spiro atoms. The summed E-state index contributed by atoms with van der Waals surface area (Å²) in [5.74, 6) is -1.14. The van der Waals surface area contributed by atoms with Crippen molar-refractivity contribution in [3.63, 3.8) is 0 Å². The van der Waals surface area contributed by atoms with Crippen molar-refractivity contribution >= 4 is 11.8 Å². The van der Waals surface area contributed by atoms with Crippen LogP contribution in [0.2, 0.25) is 0 Å². The zero-order chi connectivity index (χ0) is 25.6. The van der Waals surface area contributed by atoms with E-state index in [1.807, 2.05) is 19.9 Å². The summed E-state index contributed by atoms with van der Waals surface area (Å²) >= 11 is 0. The number of hydrogen-bond acceptors (Lipinski definition) is 7. The molecule has 0 aromatic carbocycles. The summed E-state index contributed by atoms with van der Waals surface area (Å²) in [5, 5.41) is 47.4. The number of rotatable bonds is 4. The highest BCUT2D eigenvalue weighted by Crippen LogP contribution is 2.70. The maximum atomic E-state index is 13.1. The van der Waals surface area contributed by atoms with Crippen LogP contribution in [-0.4, -0.2) is 61.7 Å². The van der Waals surface area contributed by atoms with E-state index in [-0.39, 0.29) is 61.3 Å². The van der Waals surface area contributed by atoms with E-state index in [1.54, 1.807) is 13.0 Å². The van der Waals surface area contributed by atoms with Gasteiger partial charge in [0.1, 0.15) is 11.2 Å². The number of ether oxygens (including phenoxy) is 1. The van der Waals surface area contributed by atoms with Gasteiger partial charge in [0.05, 0.1) is 29.6 Å². The predicted octanol–water partition coefficient (Wildman–Crippen LogP) is 2.45. The Hall–Kier alpha value is -1.54. The summed E-state index contributed by atoms with van der Waals surface area (Å²) in [5.41, 5.74) is -5.55. The first-order valence-electron chi connectivity index (χ1n) is 13.2. The third-order valence-corrected chi connectivity index (χ3v) is 11.5. The molecular formula is C28H40O7. The summed E-state index contributed by atoms with van der Waals surface area (Å²) in [6, 6.07) is 0. The summed E-state index contributed by atoms with van der Waals surface area (Å²) in [6.45, 7) is 7.23. The van der Waals surface area contributed by atoms with Gasteiger partial charge in [-0.1, -0.05) is 31.6 Å². The van der Waals surface area contributed by atoms with E-state index in [0.29, 0.717) is 19.3 Å². The first-order valence-corrected chi connectivity index (χ1v) is 13.2. The van der Waals surface area contributed by atoms with Crippen molar-refractivity contribution in [1.29, 1.82) is 0 Å². The Kier molecular flexibility index (Phi) is 5.55. The molecule has 4 N–H and O–H groups in total. The van der Waals surface area contributed by atoms with Gasteiger partial charge >= 0.3 is 5.97 Å². The number of cyclic esters (lactones) is 1. The molecule has 0 radical (unpaired) electrons. The van der Waals surface area contributed by atoms with Crippen molar-refractivity contribution in [2.75, 3.05) is 6.61 Å². The molecule has 3 fully saturated rings. The lowest BCUT2D eigenvalue weighted by molar-refractivity contribution is -0.278. The van der Waals surface area contributed by atoms with Gasteiger partial charge in [-0.05, 0) is 76.7 Å². The SMILES string of the molecule is C[C@H]1C(=O)OC[C@H]1C[C@@H](O)[C@](C)(O)[C@]1(O)CC[C@@]2(O)[C@@H]3CC=C4CC=CC(=O)[C@]4(C)[C@H]3CC[C@]12C. The molecule has 7 heteroatoms. The molecule has 2 saturated carbocycles. The van der Waals surface area contributed by atoms with E-state index in [0.717, 1.165) is 12.0 Å². The Balaban J connectivity index is 1.46. The van der Waals surface area contributed by atoms with Crippen molar-refractivity contribution < 1.29 is 34.8 Å². The average molecular weight is 489 g/mol. The van der Waals surface area contributed by atoms with Gasteiger partial charge in [0.2, 0.25) is 0 Å². The minimum absolute atomic E-state index is 0.0438. The molecule has 194 valence electrons. The predicted molar refractivity (Wildman–Crippen MR) is 128 cm³/mol. The van der Waals surface area contributed by atoms with Gasteiger partial charge in [0.15, 0.2) is 5.78 Å². The second-order valence-corrected chi connectivity index (χ2v) is 12.6. The lowest BCUT2D eigenvalue weighted by atomic mass is 9.44. The van der Waals surface area contributed by atoms with Crippen LogP contribution in [0.5, 0.6) is 0 Å². The van der Waals surface area contributed by atoms with Gasteiger partial charge in [0, 0.05) is 11.3 Å². The van der Waals surface area contributed by atoms with Crippen LogP contribution in [0.15, 0.2) is 23.8 Å². The van der Waals surface area contributed by atoms with Gasteiger partial charge in [-0.2, -0.15) is 0 Å². The number of allylic oxidation sites excluding steroid dienone is 4. The zero-order valence-corrected chi connectivity index (χ0v) is 21.3. The highest BCUT2D eigenvalue weighted by atomic mass is 16.5. The van der Waals surface area contributed by atoms with E-state index in [4.69, 9.17) is 4.74 Å². The number of esters is 1. The number of fused-ring (bicyclic) bond motifs is 5. The van der Waals surface area contributed by atoms with Gasteiger partial charge in [-0.25, -0.2) is 0 Å². The minimum atomic E-state index is -1.91. The van der Waals surface area contributed by atoms with Crippen LogP contribution >= 0.6 is 0 Å². The molecular weight excluding hydrogens is 448 g/mol. The van der Waals surface area contributed by atoms with Crippen molar-refractivity contribution in [3.8, 4) is 0 Å². The molecule has 0 aromatic heterocycles. The smallest absolute Gasteiger partial charge is 0.309 e. The molecule has 1 saturated heterocycles. The van der Waals surface area contributed by atoms with E-state index in [2.05, 4.69) is 6.08 Å². The summed E-state index contributed by atoms with van der Waals surface area (Å²) in [6.07, 6.45) is 7.39. The standard InChI is InChI=1S/C28H40O7/c1-16-17(15-35-23(16)31)14-22(30)26(4,32)28(34)13-12-27(33)20-9-8-18-6-5-7-21(29)25(18,3)19(20)10-11-24(27,28)2/h5,7-8,16-17,19-20,22,30,32-34H,6,9-15H2,1-4H3/t16-,17-,19+,20-,22-,24+,25+,26+,27-,28+/m1/s1. The highest BCUT2D eigenvalue weighted by molar-refractivity contribution is 5.98. The first kappa shape index (κ1) is 25.1. The van der Waals surface area contributed by atoms with E-state index < -0.39 is 33.7 Å². The van der Waals surface area contributed by atoms with Gasteiger partial charge in [-0.15, -0.1) is 0 Å². The Morgan fingerprint density at radius 2 is 1.89 bits per heavy atom. The van der Waals surface area contributed by atoms with Crippen LogP contribution < -0.4 is 0 Å². The fourth-order valence-corrected chi connectivity index (χ4v) is 8.68. The molecule has 7 nitrogen and oxygen atoms in total. The molecule has 0 unspecified atom stereocenters. The third-order valence-electron chi connectivity index (χ3n) is 11.5. The fourth-order valence-electron chi connectivity index (χ4n) is 8.68. The Bertz CT molecular complexity index is 999. The van der Waals surface area contributed by atoms with Crippen LogP contribution in [0.25, 0.3) is 0 Å². The topological polar surface area (TPSA) is 124 Å². The van der Waals surface area contributed by atoms with Crippen molar-refractivity contribution in [1.82, 2.24) is 0 Å². The molecule has 5 rings (SSSR count). The molecule has 0 aromatic rings. The highest BCUT2D eigenvalue weighted by Gasteiger charge is 2.76. The number of aliphatic hydroxyl groups is 4. The molecule has 0 amide bonds. The average Bonchev–Trinajstić information content (AvgIpc) is 3.24. The number of hydrogen-bond donors (Lipinski definition) is 4. The Labute approximate surface area is 207 Å². The summed E-state index contributed by atoms with van der Waals surface area (Å²) in [7, 11) is 0. The Morgan fingerprint density at radius 1 is 1.17 bits per heavy atom. The molecule has 10 atom stereocenters. The van der Waals surface area contributed by atoms with E-state index >= 15 is 0 Å². The lowest BCUT2D eigenvalue weighted by Crippen LogP contribution is -2.71. The Morgan fingerprint density at radius 3 is 2.54 bits per heavy atom. The molecule has 0 bridgehead atoms. The van der Waals surface area contributed by atoms with Crippen molar-refractivity contribution in [3.05, 3.63) is 23.8 Å². The van der Waals surface area contributed by atoms with Gasteiger partial charge < -0.3 is 25.2 Å². The molecule has 4 aliphatic carbocycles. The van der Waals surface area contributed by atoms with Gasteiger partial charge in [0.25, 0.3) is 0 Å². The van der Waals surface area contributed by atoms with Crippen LogP contribution in [0.3, 0.4) is 0 Å². The molecule has 5 aliphatic rings. The summed E-state index contributed by atoms with van der Waals surface area (Å²) < 4.78 is 5.11. The van der Waals surface area contributed by atoms with Crippen LogP contribution in [0.4, 0.5) is 0 Å². The second kappa shape index (κ2) is 7.73. The lowest BCUT2D eigenvalue weighted by Gasteiger charge is -2.63. The number of aliphatic hydroxyl groups excluding tert-OH is 1. The number of carbonyl (C=O) groups excluding carboxylic acids is 2. The van der Waals surface area contributed by atoms with Crippen molar-refractivity contribution in [2.24, 2.45) is 34.5 Å². The van der Waals surface area contributed by atoms with E-state index in [1.165, 1.54) is 6.92 Å². The quantitative estimate of drug-likeness (QED) is 0.354. The normalized spacial score (nSPS) is 49.4. The zero-order valence-electron chi connectivity index (χ0n) is 21.3.